The molecule has 7 heteroatoms. The predicted octanol–water partition coefficient (Wildman–Crippen LogP) is 4.11. The molecule has 1 fully saturated rings. The molecule has 2 aromatic heterocycles. The van der Waals surface area contributed by atoms with E-state index in [-0.39, 0.29) is 11.9 Å². The fraction of sp³-hybridized carbons (Fsp3) is 0.250. The van der Waals surface area contributed by atoms with E-state index < -0.39 is 0 Å². The van der Waals surface area contributed by atoms with E-state index in [2.05, 4.69) is 27.3 Å². The lowest BCUT2D eigenvalue weighted by molar-refractivity contribution is 0.0162. The fourth-order valence-corrected chi connectivity index (χ4v) is 4.49. The van der Waals surface area contributed by atoms with Gasteiger partial charge in [-0.05, 0) is 42.0 Å². The number of fused-ring (bicyclic) bond motifs is 1. The molecule has 35 heavy (non-hydrogen) atoms. The van der Waals surface area contributed by atoms with Gasteiger partial charge in [-0.1, -0.05) is 30.3 Å². The van der Waals surface area contributed by atoms with Crippen molar-refractivity contribution in [1.82, 2.24) is 20.2 Å². The Balaban J connectivity index is 1.43. The molecule has 1 aliphatic heterocycles. The van der Waals surface area contributed by atoms with Gasteiger partial charge in [0, 0.05) is 43.0 Å². The number of rotatable bonds is 7. The Bertz CT molecular complexity index is 1290. The van der Waals surface area contributed by atoms with E-state index in [1.165, 1.54) is 0 Å². The van der Waals surface area contributed by atoms with Crippen molar-refractivity contribution in [2.24, 2.45) is 0 Å². The van der Waals surface area contributed by atoms with Gasteiger partial charge >= 0.3 is 0 Å². The number of morpholine rings is 1. The SMILES string of the molecule is COc1ccc(C(CNC(=O)c2cc(-c3ccncc3)nc3ccccc23)N2CCOCC2)cc1. The standard InChI is InChI=1S/C28H28N4O3/c1-34-22-8-6-21(7-9-22)27(32-14-16-35-17-15-32)19-30-28(33)24-18-26(20-10-12-29-13-11-20)31-25-5-3-2-4-23(24)25/h2-13,18,27H,14-17,19H2,1H3,(H,30,33). The Hall–Kier alpha value is -3.81. The minimum absolute atomic E-state index is 0.0292. The fourth-order valence-electron chi connectivity index (χ4n) is 4.49. The summed E-state index contributed by atoms with van der Waals surface area (Å²) in [5, 5.41) is 4.03. The minimum Gasteiger partial charge on any atom is -0.497 e. The summed E-state index contributed by atoms with van der Waals surface area (Å²) in [5.41, 5.74) is 4.19. The molecule has 0 saturated carbocycles. The quantitative estimate of drug-likeness (QED) is 0.440. The van der Waals surface area contributed by atoms with Crippen LogP contribution in [0.2, 0.25) is 0 Å². The zero-order valence-corrected chi connectivity index (χ0v) is 19.7. The summed E-state index contributed by atoms with van der Waals surface area (Å²) in [6.07, 6.45) is 3.46. The lowest BCUT2D eigenvalue weighted by Crippen LogP contribution is -2.43. The first-order chi connectivity index (χ1) is 17.2. The second-order valence-electron chi connectivity index (χ2n) is 8.46. The lowest BCUT2D eigenvalue weighted by atomic mass is 10.0. The van der Waals surface area contributed by atoms with E-state index in [0.29, 0.717) is 25.3 Å². The highest BCUT2D eigenvalue weighted by Gasteiger charge is 2.24. The molecule has 1 aliphatic rings. The first-order valence-electron chi connectivity index (χ1n) is 11.8. The van der Waals surface area contributed by atoms with Gasteiger partial charge in [-0.2, -0.15) is 0 Å². The van der Waals surface area contributed by atoms with Crippen LogP contribution < -0.4 is 10.1 Å². The molecule has 0 radical (unpaired) electrons. The van der Waals surface area contributed by atoms with Crippen molar-refractivity contribution >= 4 is 16.8 Å². The molecule has 7 nitrogen and oxygen atoms in total. The molecular formula is C28H28N4O3. The zero-order valence-electron chi connectivity index (χ0n) is 19.7. The topological polar surface area (TPSA) is 76.6 Å². The maximum atomic E-state index is 13.5. The van der Waals surface area contributed by atoms with E-state index in [4.69, 9.17) is 14.5 Å². The van der Waals surface area contributed by atoms with E-state index >= 15 is 0 Å². The third kappa shape index (κ3) is 5.16. The van der Waals surface area contributed by atoms with Crippen LogP contribution in [0, 0.1) is 0 Å². The average molecular weight is 469 g/mol. The molecule has 2 aromatic carbocycles. The summed E-state index contributed by atoms with van der Waals surface area (Å²) < 4.78 is 10.9. The van der Waals surface area contributed by atoms with Crippen molar-refractivity contribution in [2.45, 2.75) is 6.04 Å². The summed E-state index contributed by atoms with van der Waals surface area (Å²) in [6, 6.07) is 21.5. The van der Waals surface area contributed by atoms with Crippen molar-refractivity contribution in [3.8, 4) is 17.0 Å². The lowest BCUT2D eigenvalue weighted by Gasteiger charge is -2.35. The Labute approximate surface area is 204 Å². The highest BCUT2D eigenvalue weighted by Crippen LogP contribution is 2.26. The number of benzene rings is 2. The number of methoxy groups -OCH3 is 1. The largest absolute Gasteiger partial charge is 0.497 e. The number of nitrogens with zero attached hydrogens (tertiary/aromatic N) is 3. The van der Waals surface area contributed by atoms with Gasteiger partial charge in [-0.3, -0.25) is 14.7 Å². The smallest absolute Gasteiger partial charge is 0.252 e. The highest BCUT2D eigenvalue weighted by atomic mass is 16.5. The number of hydrogen-bond acceptors (Lipinski definition) is 6. The molecule has 5 rings (SSSR count). The summed E-state index contributed by atoms with van der Waals surface area (Å²) in [5.74, 6) is 0.691. The summed E-state index contributed by atoms with van der Waals surface area (Å²) >= 11 is 0. The predicted molar refractivity (Wildman–Crippen MR) is 135 cm³/mol. The third-order valence-electron chi connectivity index (χ3n) is 6.38. The molecule has 4 aromatic rings. The first-order valence-corrected chi connectivity index (χ1v) is 11.8. The molecule has 1 atom stereocenters. The second-order valence-corrected chi connectivity index (χ2v) is 8.46. The number of hydrogen-bond donors (Lipinski definition) is 1. The van der Waals surface area contributed by atoms with Crippen molar-refractivity contribution in [3.63, 3.8) is 0 Å². The first kappa shape index (κ1) is 23.0. The van der Waals surface area contributed by atoms with E-state index in [9.17, 15) is 4.79 Å². The van der Waals surface area contributed by atoms with Crippen LogP contribution in [-0.2, 0) is 4.74 Å². The number of para-hydroxylation sites is 1. The number of carbonyl (C=O) groups is 1. The van der Waals surface area contributed by atoms with Crippen molar-refractivity contribution < 1.29 is 14.3 Å². The van der Waals surface area contributed by atoms with Crippen LogP contribution in [0.15, 0.2) is 79.1 Å². The highest BCUT2D eigenvalue weighted by molar-refractivity contribution is 6.07. The van der Waals surface area contributed by atoms with Crippen LogP contribution in [0.4, 0.5) is 0 Å². The van der Waals surface area contributed by atoms with Gasteiger partial charge in [0.2, 0.25) is 0 Å². The van der Waals surface area contributed by atoms with E-state index in [1.54, 1.807) is 19.5 Å². The van der Waals surface area contributed by atoms with Crippen molar-refractivity contribution in [1.29, 1.82) is 0 Å². The van der Waals surface area contributed by atoms with Crippen LogP contribution in [-0.4, -0.2) is 60.7 Å². The van der Waals surface area contributed by atoms with Crippen molar-refractivity contribution in [2.75, 3.05) is 40.0 Å². The molecule has 1 amide bonds. The molecular weight excluding hydrogens is 440 g/mol. The summed E-state index contributed by atoms with van der Waals surface area (Å²) in [7, 11) is 1.66. The Morgan fingerprint density at radius 2 is 1.80 bits per heavy atom. The number of pyridine rings is 2. The Morgan fingerprint density at radius 1 is 1.06 bits per heavy atom. The normalized spacial score (nSPS) is 15.0. The summed E-state index contributed by atoms with van der Waals surface area (Å²) in [4.78, 5) is 24.8. The van der Waals surface area contributed by atoms with Gasteiger partial charge in [0.05, 0.1) is 43.1 Å². The monoisotopic (exact) mass is 468 g/mol. The van der Waals surface area contributed by atoms with Gasteiger partial charge in [-0.15, -0.1) is 0 Å². The number of aromatic nitrogens is 2. The third-order valence-corrected chi connectivity index (χ3v) is 6.38. The molecule has 1 N–H and O–H groups in total. The van der Waals surface area contributed by atoms with E-state index in [1.807, 2.05) is 54.6 Å². The van der Waals surface area contributed by atoms with Gasteiger partial charge in [0.15, 0.2) is 0 Å². The second kappa shape index (κ2) is 10.6. The van der Waals surface area contributed by atoms with E-state index in [0.717, 1.165) is 46.6 Å². The molecule has 0 aliphatic carbocycles. The molecule has 0 bridgehead atoms. The molecule has 178 valence electrons. The van der Waals surface area contributed by atoms with Crippen LogP contribution in [0.25, 0.3) is 22.2 Å². The van der Waals surface area contributed by atoms with Gasteiger partial charge in [-0.25, -0.2) is 4.98 Å². The van der Waals surface area contributed by atoms with Crippen LogP contribution in [0.5, 0.6) is 5.75 Å². The number of carbonyl (C=O) groups excluding carboxylic acids is 1. The van der Waals surface area contributed by atoms with Gasteiger partial charge < -0.3 is 14.8 Å². The molecule has 0 spiro atoms. The maximum Gasteiger partial charge on any atom is 0.252 e. The van der Waals surface area contributed by atoms with Crippen LogP contribution in [0.1, 0.15) is 22.0 Å². The maximum absolute atomic E-state index is 13.5. The number of ether oxygens (including phenoxy) is 2. The summed E-state index contributed by atoms with van der Waals surface area (Å²) in [6.45, 7) is 3.48. The van der Waals surface area contributed by atoms with Gasteiger partial charge in [0.25, 0.3) is 5.91 Å². The average Bonchev–Trinajstić information content (AvgIpc) is 2.94. The van der Waals surface area contributed by atoms with Crippen molar-refractivity contribution in [3.05, 3.63) is 90.3 Å². The molecule has 3 heterocycles. The van der Waals surface area contributed by atoms with Crippen LogP contribution in [0.3, 0.4) is 0 Å². The Kier molecular flexibility index (Phi) is 6.97. The zero-order chi connectivity index (χ0) is 24.0. The number of nitrogens with one attached hydrogen (secondary N) is 1. The molecule has 1 unspecified atom stereocenters. The van der Waals surface area contributed by atoms with Crippen LogP contribution >= 0.6 is 0 Å². The Morgan fingerprint density at radius 3 is 2.54 bits per heavy atom. The van der Waals surface area contributed by atoms with Gasteiger partial charge in [0.1, 0.15) is 5.75 Å². The minimum atomic E-state index is -0.120. The number of amides is 1. The molecule has 1 saturated heterocycles.